The van der Waals surface area contributed by atoms with Crippen molar-refractivity contribution in [3.63, 3.8) is 0 Å². The van der Waals surface area contributed by atoms with Gasteiger partial charge in [-0.05, 0) is 32.3 Å². The fraction of sp³-hybridized carbons (Fsp3) is 0.500. The lowest BCUT2D eigenvalue weighted by atomic mass is 10.1. The smallest absolute Gasteiger partial charge is 0.129 e. The Bertz CT molecular complexity index is 305. The summed E-state index contributed by atoms with van der Waals surface area (Å²) in [6.07, 6.45) is 5.49. The van der Waals surface area contributed by atoms with Gasteiger partial charge in [-0.15, -0.1) is 0 Å². The van der Waals surface area contributed by atoms with Crippen molar-refractivity contribution in [3.05, 3.63) is 29.8 Å². The van der Waals surface area contributed by atoms with Gasteiger partial charge in [-0.1, -0.05) is 13.0 Å². The Morgan fingerprint density at radius 2 is 2.29 bits per heavy atom. The summed E-state index contributed by atoms with van der Waals surface area (Å²) in [6.45, 7) is 4.38. The molecule has 1 unspecified atom stereocenters. The van der Waals surface area contributed by atoms with E-state index in [1.807, 2.05) is 12.3 Å². The standard InChI is InChI=1S/C12H17N2/c1-3-9(2)14-12-11(10-6-7-10)5-4-8-13-12/h4-5,8-9H,3,6-7H2,1-2H3,(H,13,14). The van der Waals surface area contributed by atoms with Gasteiger partial charge in [0, 0.05) is 23.7 Å². The van der Waals surface area contributed by atoms with Crippen molar-refractivity contribution in [2.24, 2.45) is 0 Å². The zero-order chi connectivity index (χ0) is 9.97. The molecule has 0 aromatic carbocycles. The summed E-state index contributed by atoms with van der Waals surface area (Å²) < 4.78 is 0. The topological polar surface area (TPSA) is 24.9 Å². The lowest BCUT2D eigenvalue weighted by Gasteiger charge is -2.14. The first kappa shape index (κ1) is 9.50. The number of anilines is 1. The summed E-state index contributed by atoms with van der Waals surface area (Å²) in [7, 11) is 0. The van der Waals surface area contributed by atoms with Gasteiger partial charge in [-0.2, -0.15) is 0 Å². The van der Waals surface area contributed by atoms with Crippen molar-refractivity contribution < 1.29 is 0 Å². The summed E-state index contributed by atoms with van der Waals surface area (Å²) in [5.74, 6) is 2.61. The first-order valence-corrected chi connectivity index (χ1v) is 5.38. The summed E-state index contributed by atoms with van der Waals surface area (Å²) in [4.78, 5) is 4.40. The quantitative estimate of drug-likeness (QED) is 0.787. The minimum absolute atomic E-state index is 0.503. The lowest BCUT2D eigenvalue weighted by molar-refractivity contribution is 0.758. The maximum Gasteiger partial charge on any atom is 0.129 e. The molecule has 2 nitrogen and oxygen atoms in total. The third-order valence-corrected chi connectivity index (χ3v) is 2.68. The van der Waals surface area contributed by atoms with Crippen LogP contribution in [0.3, 0.4) is 0 Å². The van der Waals surface area contributed by atoms with E-state index in [1.165, 1.54) is 18.4 Å². The van der Waals surface area contributed by atoms with Crippen molar-refractivity contribution in [3.8, 4) is 0 Å². The Morgan fingerprint density at radius 3 is 2.93 bits per heavy atom. The monoisotopic (exact) mass is 189 g/mol. The Balaban J connectivity index is 2.14. The molecule has 2 rings (SSSR count). The highest BCUT2D eigenvalue weighted by molar-refractivity contribution is 5.55. The number of aromatic nitrogens is 1. The van der Waals surface area contributed by atoms with Gasteiger partial charge in [-0.25, -0.2) is 4.98 Å². The van der Waals surface area contributed by atoms with Gasteiger partial charge < -0.3 is 5.32 Å². The second-order valence-corrected chi connectivity index (χ2v) is 3.96. The van der Waals surface area contributed by atoms with Crippen LogP contribution in [0.15, 0.2) is 18.3 Å². The molecule has 0 amide bonds. The predicted molar refractivity (Wildman–Crippen MR) is 59.2 cm³/mol. The van der Waals surface area contributed by atoms with E-state index in [1.54, 1.807) is 5.92 Å². The van der Waals surface area contributed by atoms with Gasteiger partial charge in [0.05, 0.1) is 0 Å². The molecule has 0 bridgehead atoms. The molecule has 0 spiro atoms. The SMILES string of the molecule is CCC(C)Nc1ncccc1[C]1CC1. The van der Waals surface area contributed by atoms with E-state index in [4.69, 9.17) is 0 Å². The maximum atomic E-state index is 4.40. The van der Waals surface area contributed by atoms with Crippen molar-refractivity contribution in [2.45, 2.75) is 39.2 Å². The van der Waals surface area contributed by atoms with Crippen LogP contribution < -0.4 is 5.32 Å². The third kappa shape index (κ3) is 2.06. The van der Waals surface area contributed by atoms with E-state index in [9.17, 15) is 0 Å². The van der Waals surface area contributed by atoms with Crippen molar-refractivity contribution >= 4 is 5.82 Å². The molecular formula is C12H17N2. The Labute approximate surface area is 85.7 Å². The van der Waals surface area contributed by atoms with Crippen molar-refractivity contribution in [1.29, 1.82) is 0 Å². The number of nitrogens with one attached hydrogen (secondary N) is 1. The molecular weight excluding hydrogens is 172 g/mol. The molecule has 1 atom stereocenters. The Hall–Kier alpha value is -1.05. The fourth-order valence-electron chi connectivity index (χ4n) is 1.47. The van der Waals surface area contributed by atoms with Crippen LogP contribution in [-0.4, -0.2) is 11.0 Å². The Morgan fingerprint density at radius 1 is 1.50 bits per heavy atom. The molecule has 2 heteroatoms. The molecule has 0 saturated heterocycles. The molecule has 1 radical (unpaired) electrons. The lowest BCUT2D eigenvalue weighted by Crippen LogP contribution is -2.15. The number of hydrogen-bond acceptors (Lipinski definition) is 2. The molecule has 1 saturated carbocycles. The molecule has 1 aliphatic rings. The molecule has 1 heterocycles. The van der Waals surface area contributed by atoms with E-state index in [-0.39, 0.29) is 0 Å². The van der Waals surface area contributed by atoms with Crippen LogP contribution in [0.4, 0.5) is 5.82 Å². The predicted octanol–water partition coefficient (Wildman–Crippen LogP) is 3.01. The zero-order valence-corrected chi connectivity index (χ0v) is 8.88. The number of rotatable bonds is 4. The van der Waals surface area contributed by atoms with E-state index in [0.29, 0.717) is 6.04 Å². The Kier molecular flexibility index (Phi) is 2.71. The molecule has 0 aliphatic heterocycles. The van der Waals surface area contributed by atoms with Gasteiger partial charge in [-0.3, -0.25) is 0 Å². The molecule has 75 valence electrons. The van der Waals surface area contributed by atoms with Crippen molar-refractivity contribution in [1.82, 2.24) is 4.98 Å². The van der Waals surface area contributed by atoms with Crippen LogP contribution in [0.2, 0.25) is 0 Å². The molecule has 1 N–H and O–H groups in total. The molecule has 1 fully saturated rings. The van der Waals surface area contributed by atoms with Crippen LogP contribution in [0.5, 0.6) is 0 Å². The first-order valence-electron chi connectivity index (χ1n) is 5.38. The van der Waals surface area contributed by atoms with Crippen LogP contribution >= 0.6 is 0 Å². The second-order valence-electron chi connectivity index (χ2n) is 3.96. The maximum absolute atomic E-state index is 4.40. The van der Waals surface area contributed by atoms with Crippen LogP contribution in [0, 0.1) is 5.92 Å². The van der Waals surface area contributed by atoms with Gasteiger partial charge in [0.2, 0.25) is 0 Å². The summed E-state index contributed by atoms with van der Waals surface area (Å²) >= 11 is 0. The number of hydrogen-bond donors (Lipinski definition) is 1. The average molecular weight is 189 g/mol. The van der Waals surface area contributed by atoms with Gasteiger partial charge in [0.15, 0.2) is 0 Å². The van der Waals surface area contributed by atoms with Crippen molar-refractivity contribution in [2.75, 3.05) is 5.32 Å². The fourth-order valence-corrected chi connectivity index (χ4v) is 1.47. The average Bonchev–Trinajstić information content (AvgIpc) is 3.02. The minimum atomic E-state index is 0.503. The van der Waals surface area contributed by atoms with E-state index in [0.717, 1.165) is 12.2 Å². The number of pyridine rings is 1. The summed E-state index contributed by atoms with van der Waals surface area (Å²) in [5.41, 5.74) is 1.33. The summed E-state index contributed by atoms with van der Waals surface area (Å²) in [6, 6.07) is 4.69. The van der Waals surface area contributed by atoms with Gasteiger partial charge in [0.25, 0.3) is 0 Å². The van der Waals surface area contributed by atoms with Crippen LogP contribution in [-0.2, 0) is 0 Å². The van der Waals surface area contributed by atoms with Crippen LogP contribution in [0.25, 0.3) is 0 Å². The zero-order valence-electron chi connectivity index (χ0n) is 8.88. The van der Waals surface area contributed by atoms with Gasteiger partial charge in [0.1, 0.15) is 5.82 Å². The largest absolute Gasteiger partial charge is 0.367 e. The third-order valence-electron chi connectivity index (χ3n) is 2.68. The summed E-state index contributed by atoms with van der Waals surface area (Å²) in [5, 5.41) is 3.45. The highest BCUT2D eigenvalue weighted by atomic mass is 15.0. The molecule has 1 aliphatic carbocycles. The van der Waals surface area contributed by atoms with E-state index in [2.05, 4.69) is 30.2 Å². The first-order chi connectivity index (χ1) is 6.81. The normalized spacial score (nSPS) is 17.9. The van der Waals surface area contributed by atoms with E-state index < -0.39 is 0 Å². The minimum Gasteiger partial charge on any atom is -0.367 e. The molecule has 14 heavy (non-hydrogen) atoms. The highest BCUT2D eigenvalue weighted by Crippen LogP contribution is 2.41. The molecule has 1 aromatic rings. The van der Waals surface area contributed by atoms with E-state index >= 15 is 0 Å². The van der Waals surface area contributed by atoms with Crippen LogP contribution in [0.1, 0.15) is 38.7 Å². The highest BCUT2D eigenvalue weighted by Gasteiger charge is 2.27. The molecule has 1 aromatic heterocycles. The number of nitrogens with zero attached hydrogens (tertiary/aromatic N) is 1. The second kappa shape index (κ2) is 3.99. The van der Waals surface area contributed by atoms with Gasteiger partial charge >= 0.3 is 0 Å².